The molecule has 1 saturated carbocycles. The van der Waals surface area contributed by atoms with Gasteiger partial charge in [-0.15, -0.1) is 0 Å². The normalized spacial score (nSPS) is 16.1. The molecule has 152 valence electrons. The number of nitrogens with one attached hydrogen (secondary N) is 2. The van der Waals surface area contributed by atoms with Crippen LogP contribution in [0.15, 0.2) is 36.5 Å². The minimum atomic E-state index is -0.528. The molecule has 1 aliphatic carbocycles. The minimum Gasteiger partial charge on any atom is -0.444 e. The number of alkyl carbamates (subject to hydrolysis) is 1. The van der Waals surface area contributed by atoms with Gasteiger partial charge >= 0.3 is 12.1 Å². The van der Waals surface area contributed by atoms with E-state index < -0.39 is 11.7 Å². The van der Waals surface area contributed by atoms with Crippen molar-refractivity contribution in [2.24, 2.45) is 0 Å². The Bertz CT molecular complexity index is 947. The smallest absolute Gasteiger partial charge is 0.407 e. The first kappa shape index (κ1) is 19.2. The average molecular weight is 394 g/mol. The van der Waals surface area contributed by atoms with Gasteiger partial charge in [-0.1, -0.05) is 18.2 Å². The summed E-state index contributed by atoms with van der Waals surface area (Å²) in [6, 6.07) is 10.2. The van der Waals surface area contributed by atoms with Gasteiger partial charge in [-0.25, -0.2) is 14.6 Å². The molecule has 0 unspecified atom stereocenters. The highest BCUT2D eigenvalue weighted by molar-refractivity contribution is 5.93. The zero-order chi connectivity index (χ0) is 20.6. The fourth-order valence-corrected chi connectivity index (χ4v) is 3.46. The van der Waals surface area contributed by atoms with E-state index in [1.165, 1.54) is 0 Å². The summed E-state index contributed by atoms with van der Waals surface area (Å²) in [6.45, 7) is 6.45. The average Bonchev–Trinajstić information content (AvgIpc) is 3.49. The summed E-state index contributed by atoms with van der Waals surface area (Å²) in [4.78, 5) is 30.5. The van der Waals surface area contributed by atoms with Crippen LogP contribution in [0.5, 0.6) is 0 Å². The van der Waals surface area contributed by atoms with Gasteiger partial charge in [0.1, 0.15) is 11.4 Å². The summed E-state index contributed by atoms with van der Waals surface area (Å²) >= 11 is 0. The summed E-state index contributed by atoms with van der Waals surface area (Å²) in [5, 5.41) is 5.71. The van der Waals surface area contributed by atoms with Crippen molar-refractivity contribution < 1.29 is 14.3 Å². The Morgan fingerprint density at radius 1 is 1.31 bits per heavy atom. The molecule has 3 amide bonds. The molecule has 0 bridgehead atoms. The molecule has 1 aromatic heterocycles. The van der Waals surface area contributed by atoms with Crippen molar-refractivity contribution in [3.8, 4) is 11.1 Å². The predicted molar refractivity (Wildman–Crippen MR) is 110 cm³/mol. The second-order valence-electron chi connectivity index (χ2n) is 8.53. The van der Waals surface area contributed by atoms with Crippen molar-refractivity contribution in [1.82, 2.24) is 15.2 Å². The summed E-state index contributed by atoms with van der Waals surface area (Å²) in [7, 11) is 0. The van der Waals surface area contributed by atoms with Gasteiger partial charge < -0.3 is 15.0 Å². The lowest BCUT2D eigenvalue weighted by atomic mass is 9.98. The van der Waals surface area contributed by atoms with E-state index in [1.54, 1.807) is 6.20 Å². The maximum absolute atomic E-state index is 12.3. The van der Waals surface area contributed by atoms with Gasteiger partial charge in [0, 0.05) is 24.3 Å². The van der Waals surface area contributed by atoms with E-state index in [4.69, 9.17) is 4.74 Å². The van der Waals surface area contributed by atoms with Gasteiger partial charge in [-0.3, -0.25) is 5.32 Å². The van der Waals surface area contributed by atoms with Crippen LogP contribution in [0.2, 0.25) is 0 Å². The molecule has 2 aliphatic rings. The van der Waals surface area contributed by atoms with Crippen LogP contribution >= 0.6 is 0 Å². The Morgan fingerprint density at radius 3 is 2.83 bits per heavy atom. The quantitative estimate of drug-likeness (QED) is 0.811. The number of nitrogens with zero attached hydrogens (tertiary/aromatic N) is 2. The lowest BCUT2D eigenvalue weighted by Gasteiger charge is -2.30. The molecule has 7 heteroatoms. The van der Waals surface area contributed by atoms with Crippen molar-refractivity contribution in [2.45, 2.75) is 58.3 Å². The van der Waals surface area contributed by atoms with Crippen LogP contribution < -0.4 is 10.6 Å². The van der Waals surface area contributed by atoms with Crippen molar-refractivity contribution in [2.75, 3.05) is 5.32 Å². The van der Waals surface area contributed by atoms with Crippen LogP contribution in [0.3, 0.4) is 0 Å². The zero-order valence-corrected chi connectivity index (χ0v) is 17.0. The number of fused-ring (bicyclic) bond motifs is 1. The van der Waals surface area contributed by atoms with Gasteiger partial charge in [-0.05, 0) is 62.4 Å². The number of benzene rings is 1. The molecule has 2 aromatic rings. The second-order valence-corrected chi connectivity index (χ2v) is 8.53. The third kappa shape index (κ3) is 4.50. The monoisotopic (exact) mass is 394 g/mol. The highest BCUT2D eigenvalue weighted by Gasteiger charge is 2.36. The number of hydrogen-bond acceptors (Lipinski definition) is 4. The number of pyridine rings is 1. The van der Waals surface area contributed by atoms with Gasteiger partial charge in [-0.2, -0.15) is 0 Å². The summed E-state index contributed by atoms with van der Waals surface area (Å²) in [6.07, 6.45) is 3.40. The number of ether oxygens (including phenoxy) is 1. The third-order valence-electron chi connectivity index (χ3n) is 4.93. The maximum atomic E-state index is 12.3. The highest BCUT2D eigenvalue weighted by Crippen LogP contribution is 2.36. The fraction of sp³-hybridized carbons (Fsp3) is 0.409. The van der Waals surface area contributed by atoms with E-state index in [0.717, 1.165) is 35.1 Å². The van der Waals surface area contributed by atoms with E-state index in [-0.39, 0.29) is 6.03 Å². The molecule has 0 saturated heterocycles. The zero-order valence-electron chi connectivity index (χ0n) is 17.0. The van der Waals surface area contributed by atoms with Gasteiger partial charge in [0.15, 0.2) is 0 Å². The molecule has 1 aromatic carbocycles. The number of aromatic nitrogens is 1. The summed E-state index contributed by atoms with van der Waals surface area (Å²) < 4.78 is 5.29. The maximum Gasteiger partial charge on any atom is 0.407 e. The molecule has 1 aliphatic heterocycles. The van der Waals surface area contributed by atoms with Gasteiger partial charge in [0.05, 0.1) is 6.54 Å². The lowest BCUT2D eigenvalue weighted by molar-refractivity contribution is 0.0523. The Morgan fingerprint density at radius 2 is 2.10 bits per heavy atom. The van der Waals surface area contributed by atoms with Crippen LogP contribution in [0.4, 0.5) is 15.4 Å². The molecular formula is C22H26N4O3. The molecule has 2 N–H and O–H groups in total. The number of urea groups is 1. The third-order valence-corrected chi connectivity index (χ3v) is 4.93. The number of carbonyl (C=O) groups is 2. The Kier molecular flexibility index (Phi) is 4.90. The van der Waals surface area contributed by atoms with Gasteiger partial charge in [0.2, 0.25) is 0 Å². The number of hydrogen-bond donors (Lipinski definition) is 2. The first-order valence-electron chi connectivity index (χ1n) is 9.92. The second kappa shape index (κ2) is 7.39. The minimum absolute atomic E-state index is 0.0695. The van der Waals surface area contributed by atoms with Crippen molar-refractivity contribution in [3.63, 3.8) is 0 Å². The molecule has 2 heterocycles. The van der Waals surface area contributed by atoms with E-state index in [1.807, 2.05) is 56.0 Å². The van der Waals surface area contributed by atoms with Crippen molar-refractivity contribution in [3.05, 3.63) is 47.7 Å². The molecular weight excluding hydrogens is 368 g/mol. The molecule has 1 fully saturated rings. The van der Waals surface area contributed by atoms with Crippen LogP contribution in [0.1, 0.15) is 44.7 Å². The Balaban J connectivity index is 1.54. The van der Waals surface area contributed by atoms with E-state index >= 15 is 0 Å². The standard InChI is InChI=1S/C22H26N4O3/c1-22(2,3)29-21(28)24-12-14-5-4-6-15(11-14)17-9-10-23-19-18(17)13-26(16-7-8-16)20(27)25-19/h4-6,9-11,16H,7-8,12-13H2,1-3H3,(H,24,28)(H,23,25,27). The SMILES string of the molecule is CC(C)(C)OC(=O)NCc1cccc(-c2ccnc3c2CN(C2CC2)C(=O)N3)c1. The van der Waals surface area contributed by atoms with E-state index in [2.05, 4.69) is 15.6 Å². The Hall–Kier alpha value is -3.09. The van der Waals surface area contributed by atoms with Crippen LogP contribution in [-0.4, -0.2) is 33.7 Å². The molecule has 29 heavy (non-hydrogen) atoms. The first-order valence-corrected chi connectivity index (χ1v) is 9.92. The largest absolute Gasteiger partial charge is 0.444 e. The highest BCUT2D eigenvalue weighted by atomic mass is 16.6. The van der Waals surface area contributed by atoms with Crippen LogP contribution in [0.25, 0.3) is 11.1 Å². The van der Waals surface area contributed by atoms with Crippen LogP contribution in [-0.2, 0) is 17.8 Å². The molecule has 4 rings (SSSR count). The molecule has 0 atom stereocenters. The van der Waals surface area contributed by atoms with E-state index in [0.29, 0.717) is 24.9 Å². The van der Waals surface area contributed by atoms with Crippen LogP contribution in [0, 0.1) is 0 Å². The van der Waals surface area contributed by atoms with E-state index in [9.17, 15) is 9.59 Å². The number of rotatable bonds is 4. The summed E-state index contributed by atoms with van der Waals surface area (Å²) in [5.41, 5.74) is 3.53. The molecule has 7 nitrogen and oxygen atoms in total. The van der Waals surface area contributed by atoms with Crippen molar-refractivity contribution >= 4 is 17.9 Å². The molecule has 0 spiro atoms. The number of carbonyl (C=O) groups excluding carboxylic acids is 2. The Labute approximate surface area is 170 Å². The number of amides is 3. The first-order chi connectivity index (χ1) is 13.8. The lowest BCUT2D eigenvalue weighted by Crippen LogP contribution is -2.40. The van der Waals surface area contributed by atoms with Gasteiger partial charge in [0.25, 0.3) is 0 Å². The van der Waals surface area contributed by atoms with Crippen molar-refractivity contribution in [1.29, 1.82) is 0 Å². The molecule has 0 radical (unpaired) electrons. The predicted octanol–water partition coefficient (Wildman–Crippen LogP) is 4.28. The number of anilines is 1. The summed E-state index contributed by atoms with van der Waals surface area (Å²) in [5.74, 6) is 0.627. The fourth-order valence-electron chi connectivity index (χ4n) is 3.46. The topological polar surface area (TPSA) is 83.6 Å².